The van der Waals surface area contributed by atoms with Crippen LogP contribution >= 0.6 is 11.3 Å². The molecule has 3 heterocycles. The maximum atomic E-state index is 13.2. The smallest absolute Gasteiger partial charge is 0.336 e. The van der Waals surface area contributed by atoms with Crippen molar-refractivity contribution in [2.45, 2.75) is 6.92 Å². The van der Waals surface area contributed by atoms with Crippen LogP contribution in [0.3, 0.4) is 0 Å². The van der Waals surface area contributed by atoms with Crippen molar-refractivity contribution in [1.82, 2.24) is 9.78 Å². The van der Waals surface area contributed by atoms with Gasteiger partial charge in [-0.25, -0.2) is 9.48 Å². The maximum Gasteiger partial charge on any atom is 0.336 e. The summed E-state index contributed by atoms with van der Waals surface area (Å²) in [5.74, 6) is -0.312. The van der Waals surface area contributed by atoms with Crippen molar-refractivity contribution in [3.8, 4) is 16.3 Å². The van der Waals surface area contributed by atoms with Crippen molar-refractivity contribution in [3.05, 3.63) is 99.9 Å². The van der Waals surface area contributed by atoms with Crippen LogP contribution < -0.4 is 10.9 Å². The highest BCUT2D eigenvalue weighted by Gasteiger charge is 2.18. The molecule has 0 aliphatic rings. The Morgan fingerprint density at radius 2 is 1.87 bits per heavy atom. The van der Waals surface area contributed by atoms with Gasteiger partial charge in [-0.15, -0.1) is 11.3 Å². The van der Waals surface area contributed by atoms with Crippen molar-refractivity contribution in [2.24, 2.45) is 0 Å². The first-order valence-electron chi connectivity index (χ1n) is 9.64. The van der Waals surface area contributed by atoms with E-state index in [9.17, 15) is 9.59 Å². The van der Waals surface area contributed by atoms with E-state index in [1.165, 1.54) is 6.07 Å². The third kappa shape index (κ3) is 3.67. The quantitative estimate of drug-likeness (QED) is 0.397. The highest BCUT2D eigenvalue weighted by Crippen LogP contribution is 2.27. The van der Waals surface area contributed by atoms with Gasteiger partial charge in [0.05, 0.1) is 10.6 Å². The van der Waals surface area contributed by atoms with Gasteiger partial charge in [0.1, 0.15) is 17.0 Å². The van der Waals surface area contributed by atoms with E-state index < -0.39 is 5.63 Å². The van der Waals surface area contributed by atoms with Gasteiger partial charge in [-0.3, -0.25) is 4.79 Å². The van der Waals surface area contributed by atoms with Gasteiger partial charge >= 0.3 is 5.63 Å². The van der Waals surface area contributed by atoms with E-state index in [-0.39, 0.29) is 5.91 Å². The summed E-state index contributed by atoms with van der Waals surface area (Å²) < 4.78 is 6.93. The Morgan fingerprint density at radius 1 is 1.03 bits per heavy atom. The fourth-order valence-corrected chi connectivity index (χ4v) is 4.13. The lowest BCUT2D eigenvalue weighted by molar-refractivity contribution is 0.101. The molecular weight excluding hydrogens is 410 g/mol. The van der Waals surface area contributed by atoms with E-state index in [2.05, 4.69) is 10.4 Å². The van der Waals surface area contributed by atoms with Crippen LogP contribution in [0, 0.1) is 6.92 Å². The predicted octanol–water partition coefficient (Wildman–Crippen LogP) is 5.27. The normalized spacial score (nSPS) is 11.0. The Balaban J connectivity index is 1.54. The second-order valence-electron chi connectivity index (χ2n) is 7.05. The molecule has 0 saturated carbocycles. The summed E-state index contributed by atoms with van der Waals surface area (Å²) in [6, 6.07) is 21.9. The number of nitrogens with zero attached hydrogens (tertiary/aromatic N) is 2. The van der Waals surface area contributed by atoms with Crippen LogP contribution in [0.5, 0.6) is 0 Å². The second kappa shape index (κ2) is 7.70. The minimum atomic E-state index is -0.420. The number of nitrogens with one attached hydrogen (secondary N) is 1. The largest absolute Gasteiger partial charge is 0.423 e. The number of hydrogen-bond donors (Lipinski definition) is 1. The van der Waals surface area contributed by atoms with Crippen molar-refractivity contribution >= 4 is 33.9 Å². The zero-order valence-electron chi connectivity index (χ0n) is 16.5. The molecule has 0 fully saturated rings. The summed E-state index contributed by atoms with van der Waals surface area (Å²) in [5.41, 5.74) is 3.28. The summed E-state index contributed by atoms with van der Waals surface area (Å²) >= 11 is 1.56. The number of rotatable bonds is 4. The molecule has 152 valence electrons. The number of fused-ring (bicyclic) bond motifs is 1. The third-order valence-electron chi connectivity index (χ3n) is 4.93. The first kappa shape index (κ1) is 19.0. The van der Waals surface area contributed by atoms with Gasteiger partial charge in [0, 0.05) is 23.2 Å². The molecule has 0 atom stereocenters. The molecule has 5 aromatic rings. The van der Waals surface area contributed by atoms with Crippen molar-refractivity contribution in [1.29, 1.82) is 0 Å². The summed E-state index contributed by atoms with van der Waals surface area (Å²) in [4.78, 5) is 25.9. The number of amides is 1. The Morgan fingerprint density at radius 3 is 2.65 bits per heavy atom. The molecule has 0 bridgehead atoms. The van der Waals surface area contributed by atoms with Gasteiger partial charge in [-0.1, -0.05) is 24.3 Å². The number of benzene rings is 2. The number of thiophene rings is 1. The summed E-state index contributed by atoms with van der Waals surface area (Å²) in [6.07, 6.45) is 0. The molecule has 7 heteroatoms. The van der Waals surface area contributed by atoms with E-state index in [0.29, 0.717) is 17.0 Å². The fourth-order valence-electron chi connectivity index (χ4n) is 3.45. The number of carbonyl (C=O) groups excluding carboxylic acids is 1. The molecule has 0 saturated heterocycles. The summed E-state index contributed by atoms with van der Waals surface area (Å²) in [6.45, 7) is 1.85. The van der Waals surface area contributed by atoms with Crippen molar-refractivity contribution in [3.63, 3.8) is 0 Å². The molecule has 6 nitrogen and oxygen atoms in total. The van der Waals surface area contributed by atoms with Crippen LogP contribution in [0.25, 0.3) is 27.2 Å². The minimum Gasteiger partial charge on any atom is -0.423 e. The number of aromatic nitrogens is 2. The zero-order valence-corrected chi connectivity index (χ0v) is 17.3. The number of anilines is 1. The lowest BCUT2D eigenvalue weighted by atomic mass is 10.1. The lowest BCUT2D eigenvalue weighted by Crippen LogP contribution is -2.17. The summed E-state index contributed by atoms with van der Waals surface area (Å²) in [5, 5.41) is 10.4. The molecule has 0 unspecified atom stereocenters. The highest BCUT2D eigenvalue weighted by molar-refractivity contribution is 7.13. The molecule has 0 aliphatic heterocycles. The predicted molar refractivity (Wildman–Crippen MR) is 122 cm³/mol. The molecule has 0 radical (unpaired) electrons. The molecule has 1 N–H and O–H groups in total. The molecule has 3 aromatic heterocycles. The van der Waals surface area contributed by atoms with Crippen LogP contribution in [0.4, 0.5) is 5.69 Å². The number of para-hydroxylation sites is 1. The molecule has 1 amide bonds. The Labute approximate surface area is 181 Å². The van der Waals surface area contributed by atoms with Crippen LogP contribution in [0.15, 0.2) is 87.4 Å². The van der Waals surface area contributed by atoms with E-state index >= 15 is 0 Å². The minimum absolute atomic E-state index is 0.312. The Bertz CT molecular complexity index is 1450. The van der Waals surface area contributed by atoms with Crippen LogP contribution in [0.1, 0.15) is 16.1 Å². The number of aryl methyl sites for hydroxylation is 1. The number of carbonyl (C=O) groups is 1. The molecule has 0 spiro atoms. The molecular formula is C24H17N3O3S. The Kier molecular flexibility index (Phi) is 4.72. The molecule has 0 aliphatic carbocycles. The van der Waals surface area contributed by atoms with Gasteiger partial charge in [0.25, 0.3) is 5.91 Å². The van der Waals surface area contributed by atoms with E-state index in [4.69, 9.17) is 4.42 Å². The molecule has 5 rings (SSSR count). The van der Waals surface area contributed by atoms with Gasteiger partial charge in [-0.2, -0.15) is 5.10 Å². The van der Waals surface area contributed by atoms with Gasteiger partial charge in [-0.05, 0) is 54.3 Å². The van der Waals surface area contributed by atoms with Crippen LogP contribution in [-0.2, 0) is 0 Å². The van der Waals surface area contributed by atoms with E-state index in [1.807, 2.05) is 60.8 Å². The SMILES string of the molecule is Cc1cc(=O)oc2cc(NC(=O)c3cc(-c4cccs4)nn3-c3ccccc3)ccc12. The second-order valence-corrected chi connectivity index (χ2v) is 8.00. The first-order chi connectivity index (χ1) is 15.1. The van der Waals surface area contributed by atoms with Crippen LogP contribution in [-0.4, -0.2) is 15.7 Å². The highest BCUT2D eigenvalue weighted by atomic mass is 32.1. The first-order valence-corrected chi connectivity index (χ1v) is 10.5. The van der Waals surface area contributed by atoms with Crippen molar-refractivity contribution < 1.29 is 9.21 Å². The van der Waals surface area contributed by atoms with Gasteiger partial charge in [0.2, 0.25) is 0 Å². The van der Waals surface area contributed by atoms with Gasteiger partial charge in [0.15, 0.2) is 0 Å². The molecule has 31 heavy (non-hydrogen) atoms. The average molecular weight is 427 g/mol. The summed E-state index contributed by atoms with van der Waals surface area (Å²) in [7, 11) is 0. The standard InChI is InChI=1S/C24H17N3O3S/c1-15-12-23(28)30-21-13-16(9-10-18(15)21)25-24(29)20-14-19(22-8-5-11-31-22)26-27(20)17-6-3-2-4-7-17/h2-14H,1H3,(H,25,29). The maximum absolute atomic E-state index is 13.2. The van der Waals surface area contributed by atoms with E-state index in [1.54, 1.807) is 34.2 Å². The molecule has 2 aromatic carbocycles. The third-order valence-corrected chi connectivity index (χ3v) is 5.82. The lowest BCUT2D eigenvalue weighted by Gasteiger charge is -2.09. The van der Waals surface area contributed by atoms with Crippen LogP contribution in [0.2, 0.25) is 0 Å². The van der Waals surface area contributed by atoms with Crippen molar-refractivity contribution in [2.75, 3.05) is 5.32 Å². The number of hydrogen-bond acceptors (Lipinski definition) is 5. The topological polar surface area (TPSA) is 77.1 Å². The fraction of sp³-hybridized carbons (Fsp3) is 0.0417. The van der Waals surface area contributed by atoms with Gasteiger partial charge < -0.3 is 9.73 Å². The zero-order chi connectivity index (χ0) is 21.4. The Hall–Kier alpha value is -3.97. The monoisotopic (exact) mass is 427 g/mol. The van der Waals surface area contributed by atoms with E-state index in [0.717, 1.165) is 27.2 Å². The average Bonchev–Trinajstić information content (AvgIpc) is 3.44.